The minimum Gasteiger partial charge on any atom is -0.497 e. The number of pyridine rings is 1. The second-order valence-corrected chi connectivity index (χ2v) is 7.75. The van der Waals surface area contributed by atoms with Gasteiger partial charge in [0, 0.05) is 30.8 Å². The van der Waals surface area contributed by atoms with Gasteiger partial charge in [-0.05, 0) is 42.4 Å². The van der Waals surface area contributed by atoms with Gasteiger partial charge in [-0.3, -0.25) is 0 Å². The molecule has 3 aromatic rings. The van der Waals surface area contributed by atoms with Crippen molar-refractivity contribution in [3.63, 3.8) is 0 Å². The average Bonchev–Trinajstić information content (AvgIpc) is 3.25. The van der Waals surface area contributed by atoms with Crippen molar-refractivity contribution in [2.75, 3.05) is 20.7 Å². The van der Waals surface area contributed by atoms with E-state index in [2.05, 4.69) is 18.0 Å². The first-order valence-corrected chi connectivity index (χ1v) is 10.1. The van der Waals surface area contributed by atoms with Crippen LogP contribution in [0.5, 0.6) is 5.75 Å². The highest BCUT2D eigenvalue weighted by Crippen LogP contribution is 2.38. The van der Waals surface area contributed by atoms with Gasteiger partial charge in [-0.2, -0.15) is 5.26 Å². The maximum Gasteiger partial charge on any atom is 0.118 e. The second-order valence-electron chi connectivity index (χ2n) is 6.79. The van der Waals surface area contributed by atoms with E-state index >= 15 is 0 Å². The Labute approximate surface area is 168 Å². The van der Waals surface area contributed by atoms with E-state index in [1.54, 1.807) is 25.1 Å². The highest BCUT2D eigenvalue weighted by atomic mass is 32.2. The lowest BCUT2D eigenvalue weighted by Gasteiger charge is -2.28. The molecule has 0 atom stereocenters. The number of hydrogen-bond acceptors (Lipinski definition) is 6. The Bertz CT molecular complexity index is 1010. The molecule has 1 aliphatic rings. The third-order valence-corrected chi connectivity index (χ3v) is 5.93. The van der Waals surface area contributed by atoms with Gasteiger partial charge in [-0.15, -0.1) is 0 Å². The Hall–Kier alpha value is -2.75. The summed E-state index contributed by atoms with van der Waals surface area (Å²) in [7, 11) is 3.76. The lowest BCUT2D eigenvalue weighted by atomic mass is 9.92. The van der Waals surface area contributed by atoms with Crippen LogP contribution in [0, 0.1) is 11.3 Å². The molecule has 2 aromatic heterocycles. The number of furan rings is 1. The fourth-order valence-electron chi connectivity index (χ4n) is 3.49. The number of hydrogen-bond donors (Lipinski definition) is 0. The zero-order chi connectivity index (χ0) is 19.5. The second kappa shape index (κ2) is 8.09. The standard InChI is InChI=1S/C22H21N3O2S/c1-25-10-9-20-19(13-25)21(15-5-7-16(26-2)8-6-15)18(12-23)22(24-20)28-14-17-4-3-11-27-17/h3-8,11H,9-10,13-14H2,1-2H3. The predicted molar refractivity (Wildman–Crippen MR) is 109 cm³/mol. The van der Waals surface area contributed by atoms with Crippen LogP contribution in [0.3, 0.4) is 0 Å². The molecule has 0 radical (unpaired) electrons. The number of nitrogens with zero attached hydrogens (tertiary/aromatic N) is 3. The van der Waals surface area contributed by atoms with E-state index in [1.165, 1.54) is 0 Å². The van der Waals surface area contributed by atoms with Crippen molar-refractivity contribution in [3.8, 4) is 22.9 Å². The van der Waals surface area contributed by atoms with Crippen LogP contribution < -0.4 is 4.74 Å². The fraction of sp³-hybridized carbons (Fsp3) is 0.273. The highest BCUT2D eigenvalue weighted by molar-refractivity contribution is 7.98. The summed E-state index contributed by atoms with van der Waals surface area (Å²) < 4.78 is 10.7. The number of thioether (sulfide) groups is 1. The maximum atomic E-state index is 10.0. The SMILES string of the molecule is COc1ccc(-c2c(C#N)c(SCc3ccco3)nc3c2CN(C)CC3)cc1. The van der Waals surface area contributed by atoms with E-state index < -0.39 is 0 Å². The minimum atomic E-state index is 0.635. The Kier molecular flexibility index (Phi) is 5.38. The molecular weight excluding hydrogens is 370 g/mol. The molecular formula is C22H21N3O2S. The molecule has 0 saturated carbocycles. The Balaban J connectivity index is 1.82. The number of rotatable bonds is 5. The lowest BCUT2D eigenvalue weighted by molar-refractivity contribution is 0.309. The number of likely N-dealkylation sites (N-methyl/N-ethyl adjacent to an activating group) is 1. The van der Waals surface area contributed by atoms with Gasteiger partial charge in [-0.25, -0.2) is 4.98 Å². The summed E-state index contributed by atoms with van der Waals surface area (Å²) in [6.45, 7) is 1.76. The molecule has 0 fully saturated rings. The topological polar surface area (TPSA) is 62.3 Å². The molecule has 4 rings (SSSR count). The monoisotopic (exact) mass is 391 g/mol. The highest BCUT2D eigenvalue weighted by Gasteiger charge is 2.25. The van der Waals surface area contributed by atoms with Crippen molar-refractivity contribution < 1.29 is 9.15 Å². The summed E-state index contributed by atoms with van der Waals surface area (Å²) in [6.07, 6.45) is 2.55. The van der Waals surface area contributed by atoms with Crippen molar-refractivity contribution in [2.24, 2.45) is 0 Å². The van der Waals surface area contributed by atoms with Crippen LogP contribution in [0.2, 0.25) is 0 Å². The molecule has 142 valence electrons. The average molecular weight is 391 g/mol. The zero-order valence-corrected chi connectivity index (χ0v) is 16.8. The molecule has 0 N–H and O–H groups in total. The van der Waals surface area contributed by atoms with Crippen LogP contribution in [0.4, 0.5) is 0 Å². The molecule has 28 heavy (non-hydrogen) atoms. The smallest absolute Gasteiger partial charge is 0.118 e. The van der Waals surface area contributed by atoms with Crippen LogP contribution in [-0.4, -0.2) is 30.6 Å². The van der Waals surface area contributed by atoms with Crippen LogP contribution >= 0.6 is 11.8 Å². The van der Waals surface area contributed by atoms with Crippen LogP contribution in [0.15, 0.2) is 52.1 Å². The number of benzene rings is 1. The van der Waals surface area contributed by atoms with Gasteiger partial charge in [0.1, 0.15) is 22.6 Å². The molecule has 0 bridgehead atoms. The molecule has 3 heterocycles. The summed E-state index contributed by atoms with van der Waals surface area (Å²) in [5.41, 5.74) is 4.88. The number of ether oxygens (including phenoxy) is 1. The Morgan fingerprint density at radius 1 is 1.29 bits per heavy atom. The number of methoxy groups -OCH3 is 1. The molecule has 0 amide bonds. The van der Waals surface area contributed by atoms with E-state index in [4.69, 9.17) is 14.1 Å². The van der Waals surface area contributed by atoms with E-state index in [-0.39, 0.29) is 0 Å². The van der Waals surface area contributed by atoms with Crippen molar-refractivity contribution in [2.45, 2.75) is 23.7 Å². The first-order chi connectivity index (χ1) is 13.7. The van der Waals surface area contributed by atoms with Gasteiger partial charge >= 0.3 is 0 Å². The molecule has 5 nitrogen and oxygen atoms in total. The van der Waals surface area contributed by atoms with Gasteiger partial charge in [0.25, 0.3) is 0 Å². The van der Waals surface area contributed by atoms with E-state index in [1.807, 2.05) is 36.4 Å². The zero-order valence-electron chi connectivity index (χ0n) is 15.9. The van der Waals surface area contributed by atoms with Crippen LogP contribution in [-0.2, 0) is 18.7 Å². The van der Waals surface area contributed by atoms with Crippen molar-refractivity contribution in [1.82, 2.24) is 9.88 Å². The van der Waals surface area contributed by atoms with Crippen LogP contribution in [0.1, 0.15) is 22.6 Å². The summed E-state index contributed by atoms with van der Waals surface area (Å²) in [5, 5.41) is 10.8. The molecule has 0 aliphatic carbocycles. The Morgan fingerprint density at radius 2 is 2.11 bits per heavy atom. The lowest BCUT2D eigenvalue weighted by Crippen LogP contribution is -2.28. The summed E-state index contributed by atoms with van der Waals surface area (Å²) in [6, 6.07) is 14.1. The number of nitriles is 1. The third kappa shape index (κ3) is 3.64. The number of aromatic nitrogens is 1. The molecule has 6 heteroatoms. The number of fused-ring (bicyclic) bond motifs is 1. The van der Waals surface area contributed by atoms with E-state index in [9.17, 15) is 5.26 Å². The predicted octanol–water partition coefficient (Wildman–Crippen LogP) is 4.50. The maximum absolute atomic E-state index is 10.0. The van der Waals surface area contributed by atoms with Crippen molar-refractivity contribution >= 4 is 11.8 Å². The Morgan fingerprint density at radius 3 is 2.79 bits per heavy atom. The van der Waals surface area contributed by atoms with Gasteiger partial charge in [-0.1, -0.05) is 23.9 Å². The summed E-state index contributed by atoms with van der Waals surface area (Å²) >= 11 is 1.55. The minimum absolute atomic E-state index is 0.635. The van der Waals surface area contributed by atoms with E-state index in [0.29, 0.717) is 11.3 Å². The first-order valence-electron chi connectivity index (χ1n) is 9.13. The van der Waals surface area contributed by atoms with Crippen molar-refractivity contribution in [3.05, 3.63) is 65.2 Å². The van der Waals surface area contributed by atoms with Crippen molar-refractivity contribution in [1.29, 1.82) is 5.26 Å². The quantitative estimate of drug-likeness (QED) is 0.597. The molecule has 1 aliphatic heterocycles. The molecule has 0 unspecified atom stereocenters. The summed E-state index contributed by atoms with van der Waals surface area (Å²) in [4.78, 5) is 7.16. The third-order valence-electron chi connectivity index (χ3n) is 4.93. The van der Waals surface area contributed by atoms with Gasteiger partial charge in [0.15, 0.2) is 0 Å². The normalized spacial score (nSPS) is 13.8. The van der Waals surface area contributed by atoms with Gasteiger partial charge < -0.3 is 14.1 Å². The van der Waals surface area contributed by atoms with Gasteiger partial charge in [0.05, 0.1) is 24.7 Å². The van der Waals surface area contributed by atoms with Gasteiger partial charge in [0.2, 0.25) is 0 Å². The van der Waals surface area contributed by atoms with Crippen LogP contribution in [0.25, 0.3) is 11.1 Å². The first kappa shape index (κ1) is 18.6. The molecule has 0 saturated heterocycles. The van der Waals surface area contributed by atoms with E-state index in [0.717, 1.165) is 58.4 Å². The molecule has 1 aromatic carbocycles. The molecule has 0 spiro atoms. The fourth-order valence-corrected chi connectivity index (χ4v) is 4.40. The summed E-state index contributed by atoms with van der Waals surface area (Å²) in [5.74, 6) is 2.32. The largest absolute Gasteiger partial charge is 0.497 e.